The Hall–Kier alpha value is -1.32. The van der Waals surface area contributed by atoms with E-state index in [-0.39, 0.29) is 24.0 Å². The van der Waals surface area contributed by atoms with Gasteiger partial charge in [-0.05, 0) is 50.7 Å². The van der Waals surface area contributed by atoms with Gasteiger partial charge in [0, 0.05) is 69.6 Å². The third-order valence-electron chi connectivity index (χ3n) is 5.76. The average molecular weight is 527 g/mol. The number of ether oxygens (including phenoxy) is 1. The molecule has 1 saturated heterocycles. The number of nitrogens with zero attached hydrogens (tertiary/aromatic N) is 2. The second-order valence-electron chi connectivity index (χ2n) is 7.93. The Kier molecular flexibility index (Phi) is 11.0. The third-order valence-corrected chi connectivity index (χ3v) is 5.76. The van der Waals surface area contributed by atoms with Crippen LogP contribution in [0, 0.1) is 6.92 Å². The van der Waals surface area contributed by atoms with Gasteiger partial charge in [0.1, 0.15) is 0 Å². The summed E-state index contributed by atoms with van der Waals surface area (Å²) in [5.41, 5.74) is 3.88. The number of aryl methyl sites for hydroxylation is 1. The Morgan fingerprint density at radius 3 is 2.83 bits per heavy atom. The van der Waals surface area contributed by atoms with E-state index in [1.165, 1.54) is 34.9 Å². The van der Waals surface area contributed by atoms with Gasteiger partial charge in [-0.2, -0.15) is 0 Å². The number of aromatic amines is 1. The van der Waals surface area contributed by atoms with Crippen molar-refractivity contribution in [2.75, 3.05) is 46.4 Å². The summed E-state index contributed by atoms with van der Waals surface area (Å²) >= 11 is 0. The van der Waals surface area contributed by atoms with Crippen LogP contribution in [-0.2, 0) is 11.2 Å². The first-order valence-corrected chi connectivity index (χ1v) is 11.0. The molecule has 3 N–H and O–H groups in total. The summed E-state index contributed by atoms with van der Waals surface area (Å²) in [4.78, 5) is 10.8. The summed E-state index contributed by atoms with van der Waals surface area (Å²) in [6, 6.07) is 6.98. The first kappa shape index (κ1) is 24.9. The van der Waals surface area contributed by atoms with Crippen molar-refractivity contribution in [1.29, 1.82) is 0 Å². The number of para-hydroxylation sites is 1. The van der Waals surface area contributed by atoms with Crippen LogP contribution in [0.15, 0.2) is 29.4 Å². The summed E-state index contributed by atoms with van der Waals surface area (Å²) < 4.78 is 5.16. The van der Waals surface area contributed by atoms with Gasteiger partial charge in [-0.25, -0.2) is 0 Å². The van der Waals surface area contributed by atoms with Gasteiger partial charge in [-0.3, -0.25) is 4.99 Å². The van der Waals surface area contributed by atoms with Gasteiger partial charge in [0.15, 0.2) is 5.96 Å². The van der Waals surface area contributed by atoms with Gasteiger partial charge in [0.25, 0.3) is 0 Å². The van der Waals surface area contributed by atoms with Crippen LogP contribution in [0.4, 0.5) is 0 Å². The lowest BCUT2D eigenvalue weighted by Gasteiger charge is -2.33. The van der Waals surface area contributed by atoms with E-state index in [1.807, 2.05) is 0 Å². The number of piperidine rings is 1. The van der Waals surface area contributed by atoms with Gasteiger partial charge in [-0.15, -0.1) is 24.0 Å². The van der Waals surface area contributed by atoms with E-state index in [2.05, 4.69) is 58.8 Å². The van der Waals surface area contributed by atoms with Crippen molar-refractivity contribution in [3.63, 3.8) is 0 Å². The Balaban J connectivity index is 0.00000320. The SMILES string of the molecule is CCNC(=NCCc1c[nH]c2c(C)cccc12)NC1CCN(CCCOC)CC1.I. The van der Waals surface area contributed by atoms with Gasteiger partial charge >= 0.3 is 0 Å². The highest BCUT2D eigenvalue weighted by Crippen LogP contribution is 2.21. The van der Waals surface area contributed by atoms with Crippen molar-refractivity contribution in [3.8, 4) is 0 Å². The molecular weight excluding hydrogens is 489 g/mol. The quantitative estimate of drug-likeness (QED) is 0.202. The number of methoxy groups -OCH3 is 1. The number of hydrogen-bond acceptors (Lipinski definition) is 3. The molecule has 0 atom stereocenters. The molecule has 30 heavy (non-hydrogen) atoms. The predicted octanol–water partition coefficient (Wildman–Crippen LogP) is 3.69. The lowest BCUT2D eigenvalue weighted by Crippen LogP contribution is -2.49. The average Bonchev–Trinajstić information content (AvgIpc) is 3.14. The van der Waals surface area contributed by atoms with Crippen LogP contribution in [0.25, 0.3) is 10.9 Å². The first-order chi connectivity index (χ1) is 14.2. The number of halogens is 1. The van der Waals surface area contributed by atoms with Crippen molar-refractivity contribution in [2.24, 2.45) is 4.99 Å². The van der Waals surface area contributed by atoms with E-state index in [4.69, 9.17) is 9.73 Å². The van der Waals surface area contributed by atoms with Crippen LogP contribution in [0.5, 0.6) is 0 Å². The number of likely N-dealkylation sites (tertiary alicyclic amines) is 1. The molecule has 1 aromatic carbocycles. The molecule has 7 heteroatoms. The highest BCUT2D eigenvalue weighted by molar-refractivity contribution is 14.0. The van der Waals surface area contributed by atoms with Crippen molar-refractivity contribution in [3.05, 3.63) is 35.5 Å². The minimum atomic E-state index is 0. The lowest BCUT2D eigenvalue weighted by atomic mass is 10.1. The minimum Gasteiger partial charge on any atom is -0.385 e. The minimum absolute atomic E-state index is 0. The van der Waals surface area contributed by atoms with Crippen molar-refractivity contribution in [1.82, 2.24) is 20.5 Å². The maximum absolute atomic E-state index is 5.16. The zero-order valence-corrected chi connectivity index (χ0v) is 21.0. The maximum Gasteiger partial charge on any atom is 0.191 e. The van der Waals surface area contributed by atoms with E-state index in [0.717, 1.165) is 58.1 Å². The molecular formula is C23H38IN5O. The monoisotopic (exact) mass is 527 g/mol. The van der Waals surface area contributed by atoms with E-state index in [1.54, 1.807) is 7.11 Å². The van der Waals surface area contributed by atoms with E-state index < -0.39 is 0 Å². The van der Waals surface area contributed by atoms with Gasteiger partial charge in [-0.1, -0.05) is 18.2 Å². The number of aromatic nitrogens is 1. The molecule has 0 bridgehead atoms. The summed E-state index contributed by atoms with van der Waals surface area (Å²) in [6.45, 7) is 10.2. The summed E-state index contributed by atoms with van der Waals surface area (Å²) in [6.07, 6.45) is 6.52. The number of nitrogens with one attached hydrogen (secondary N) is 3. The summed E-state index contributed by atoms with van der Waals surface area (Å²) in [7, 11) is 1.78. The normalized spacial score (nSPS) is 15.9. The number of fused-ring (bicyclic) bond motifs is 1. The molecule has 0 radical (unpaired) electrons. The van der Waals surface area contributed by atoms with E-state index in [9.17, 15) is 0 Å². The molecule has 1 aliphatic heterocycles. The van der Waals surface area contributed by atoms with Crippen LogP contribution in [0.3, 0.4) is 0 Å². The number of guanidine groups is 1. The Labute approximate surface area is 198 Å². The standard InChI is InChI=1S/C23H37N5O.HI/c1-4-24-23(27-20-10-14-28(15-11-20)13-6-16-29-3)25-12-9-19-17-26-22-18(2)7-5-8-21(19)22;/h5,7-8,17,20,26H,4,6,9-16H2,1-3H3,(H2,24,25,27);1H. The fourth-order valence-electron chi connectivity index (χ4n) is 4.11. The number of hydrogen-bond donors (Lipinski definition) is 3. The first-order valence-electron chi connectivity index (χ1n) is 11.0. The van der Waals surface area contributed by atoms with Crippen molar-refractivity contribution in [2.45, 2.75) is 45.6 Å². The molecule has 3 rings (SSSR count). The largest absolute Gasteiger partial charge is 0.385 e. The topological polar surface area (TPSA) is 64.7 Å². The molecule has 1 aliphatic rings. The molecule has 1 aromatic heterocycles. The van der Waals surface area contributed by atoms with E-state index in [0.29, 0.717) is 6.04 Å². The highest BCUT2D eigenvalue weighted by Gasteiger charge is 2.19. The Morgan fingerprint density at radius 1 is 1.30 bits per heavy atom. The summed E-state index contributed by atoms with van der Waals surface area (Å²) in [5.74, 6) is 0.946. The van der Waals surface area contributed by atoms with Crippen LogP contribution >= 0.6 is 24.0 Å². The van der Waals surface area contributed by atoms with Crippen LogP contribution in [0.1, 0.15) is 37.3 Å². The third kappa shape index (κ3) is 7.13. The van der Waals surface area contributed by atoms with Crippen molar-refractivity contribution < 1.29 is 4.74 Å². The number of H-pyrrole nitrogens is 1. The van der Waals surface area contributed by atoms with E-state index >= 15 is 0 Å². The molecule has 0 aliphatic carbocycles. The van der Waals surface area contributed by atoms with Crippen LogP contribution < -0.4 is 10.6 Å². The molecule has 6 nitrogen and oxygen atoms in total. The highest BCUT2D eigenvalue weighted by atomic mass is 127. The maximum atomic E-state index is 5.16. The fourth-order valence-corrected chi connectivity index (χ4v) is 4.11. The zero-order valence-electron chi connectivity index (χ0n) is 18.7. The number of aliphatic imine (C=N–C) groups is 1. The van der Waals surface area contributed by atoms with Crippen molar-refractivity contribution >= 4 is 40.8 Å². The zero-order chi connectivity index (χ0) is 20.5. The number of rotatable bonds is 9. The second-order valence-corrected chi connectivity index (χ2v) is 7.93. The molecule has 0 amide bonds. The van der Waals surface area contributed by atoms with Crippen LogP contribution in [0.2, 0.25) is 0 Å². The molecule has 0 saturated carbocycles. The smallest absolute Gasteiger partial charge is 0.191 e. The Bertz CT molecular complexity index is 783. The molecule has 168 valence electrons. The van der Waals surface area contributed by atoms with Gasteiger partial charge < -0.3 is 25.3 Å². The fraction of sp³-hybridized carbons (Fsp3) is 0.609. The molecule has 0 unspecified atom stereocenters. The predicted molar refractivity (Wildman–Crippen MR) is 137 cm³/mol. The van der Waals surface area contributed by atoms with Gasteiger partial charge in [0.2, 0.25) is 0 Å². The molecule has 1 fully saturated rings. The Morgan fingerprint density at radius 2 is 2.10 bits per heavy atom. The van der Waals surface area contributed by atoms with Crippen LogP contribution in [-0.4, -0.2) is 68.3 Å². The number of benzene rings is 1. The molecule has 2 heterocycles. The van der Waals surface area contributed by atoms with Gasteiger partial charge in [0.05, 0.1) is 0 Å². The second kappa shape index (κ2) is 13.2. The molecule has 2 aromatic rings. The summed E-state index contributed by atoms with van der Waals surface area (Å²) in [5, 5.41) is 8.38. The molecule has 0 spiro atoms. The lowest BCUT2D eigenvalue weighted by molar-refractivity contribution is 0.155.